The van der Waals surface area contributed by atoms with Crippen LogP contribution in [0.1, 0.15) is 16.1 Å². The Bertz CT molecular complexity index is 789. The minimum absolute atomic E-state index is 0.159. The Morgan fingerprint density at radius 1 is 1.38 bits per heavy atom. The number of nitrogens with two attached hydrogens (primary N) is 1. The predicted molar refractivity (Wildman–Crippen MR) is 84.7 cm³/mol. The second-order valence-corrected chi connectivity index (χ2v) is 5.21. The van der Waals surface area contributed by atoms with Crippen molar-refractivity contribution >= 4 is 28.9 Å². The van der Waals surface area contributed by atoms with Crippen LogP contribution in [0.5, 0.6) is 5.75 Å². The molecule has 128 valence electrons. The maximum Gasteiger partial charge on any atom is 0.573 e. The van der Waals surface area contributed by atoms with E-state index in [4.69, 9.17) is 18.0 Å². The summed E-state index contributed by atoms with van der Waals surface area (Å²) in [4.78, 5) is 13.5. The fourth-order valence-corrected chi connectivity index (χ4v) is 2.29. The van der Waals surface area contributed by atoms with Gasteiger partial charge in [-0.25, -0.2) is 4.90 Å². The topological polar surface area (TPSA) is 73.4 Å². The summed E-state index contributed by atoms with van der Waals surface area (Å²) >= 11 is 4.85. The normalized spacial score (nSPS) is 11.2. The van der Waals surface area contributed by atoms with Gasteiger partial charge in [-0.05, 0) is 31.3 Å². The maximum atomic E-state index is 12.7. The molecule has 0 atom stereocenters. The minimum atomic E-state index is -4.93. The Kier molecular flexibility index (Phi) is 4.78. The zero-order valence-corrected chi connectivity index (χ0v) is 13.5. The molecular formula is C14H13F3N4O2S. The number of carbonyl (C=O) groups is 1. The van der Waals surface area contributed by atoms with Crippen LogP contribution >= 0.6 is 12.2 Å². The van der Waals surface area contributed by atoms with E-state index in [1.807, 2.05) is 0 Å². The van der Waals surface area contributed by atoms with Crippen molar-refractivity contribution in [1.29, 1.82) is 0 Å². The lowest BCUT2D eigenvalue weighted by Gasteiger charge is -2.23. The summed E-state index contributed by atoms with van der Waals surface area (Å²) in [6.07, 6.45) is -3.50. The molecule has 2 rings (SSSR count). The van der Waals surface area contributed by atoms with Crippen molar-refractivity contribution in [1.82, 2.24) is 9.78 Å². The molecule has 0 fully saturated rings. The predicted octanol–water partition coefficient (Wildman–Crippen LogP) is 2.52. The van der Waals surface area contributed by atoms with Crippen LogP contribution in [0.3, 0.4) is 0 Å². The molecule has 1 aromatic heterocycles. The SMILES string of the molecule is Cc1nn(C)cc1C(=O)N(C(N)=S)c1ccccc1OC(F)(F)F. The van der Waals surface area contributed by atoms with Crippen LogP contribution in [0.15, 0.2) is 30.5 Å². The number of hydrogen-bond donors (Lipinski definition) is 1. The lowest BCUT2D eigenvalue weighted by Crippen LogP contribution is -2.41. The van der Waals surface area contributed by atoms with Gasteiger partial charge in [0.2, 0.25) is 0 Å². The highest BCUT2D eigenvalue weighted by molar-refractivity contribution is 7.80. The van der Waals surface area contributed by atoms with E-state index in [9.17, 15) is 18.0 Å². The number of ether oxygens (including phenoxy) is 1. The van der Waals surface area contributed by atoms with Gasteiger partial charge in [0.25, 0.3) is 5.91 Å². The fraction of sp³-hybridized carbons (Fsp3) is 0.214. The smallest absolute Gasteiger partial charge is 0.404 e. The third-order valence-electron chi connectivity index (χ3n) is 3.00. The summed E-state index contributed by atoms with van der Waals surface area (Å²) in [7, 11) is 1.61. The molecule has 0 saturated heterocycles. The molecule has 1 heterocycles. The number of carbonyl (C=O) groups excluding carboxylic acids is 1. The molecule has 1 aromatic carbocycles. The molecule has 0 bridgehead atoms. The molecule has 0 spiro atoms. The summed E-state index contributed by atoms with van der Waals surface area (Å²) in [6, 6.07) is 5.09. The molecule has 0 aliphatic carbocycles. The average molecular weight is 358 g/mol. The molecular weight excluding hydrogens is 345 g/mol. The quantitative estimate of drug-likeness (QED) is 0.854. The third kappa shape index (κ3) is 3.82. The van der Waals surface area contributed by atoms with Crippen LogP contribution in [-0.4, -0.2) is 27.2 Å². The first kappa shape index (κ1) is 17.7. The number of hydrogen-bond acceptors (Lipinski definition) is 4. The van der Waals surface area contributed by atoms with E-state index in [0.717, 1.165) is 11.0 Å². The van der Waals surface area contributed by atoms with E-state index in [1.165, 1.54) is 29.1 Å². The number of anilines is 1. The third-order valence-corrected chi connectivity index (χ3v) is 3.18. The van der Waals surface area contributed by atoms with Gasteiger partial charge in [-0.15, -0.1) is 13.2 Å². The number of alkyl halides is 3. The first-order valence-electron chi connectivity index (χ1n) is 6.59. The number of aromatic nitrogens is 2. The van der Waals surface area contributed by atoms with Crippen LogP contribution in [0.2, 0.25) is 0 Å². The van der Waals surface area contributed by atoms with Gasteiger partial charge in [-0.2, -0.15) is 5.10 Å². The number of amides is 1. The van der Waals surface area contributed by atoms with Crippen molar-refractivity contribution in [3.63, 3.8) is 0 Å². The van der Waals surface area contributed by atoms with Gasteiger partial charge in [0.05, 0.1) is 16.9 Å². The average Bonchev–Trinajstić information content (AvgIpc) is 2.77. The van der Waals surface area contributed by atoms with Crippen LogP contribution in [0.25, 0.3) is 0 Å². The summed E-state index contributed by atoms with van der Waals surface area (Å²) < 4.78 is 43.1. The molecule has 0 radical (unpaired) electrons. The Labute approximate surface area is 140 Å². The number of rotatable bonds is 3. The van der Waals surface area contributed by atoms with E-state index >= 15 is 0 Å². The second-order valence-electron chi connectivity index (χ2n) is 4.80. The second kappa shape index (κ2) is 6.48. The summed E-state index contributed by atoms with van der Waals surface area (Å²) in [5.74, 6) is -1.29. The number of benzene rings is 1. The van der Waals surface area contributed by atoms with Gasteiger partial charge in [-0.3, -0.25) is 9.48 Å². The maximum absolute atomic E-state index is 12.7. The summed E-state index contributed by atoms with van der Waals surface area (Å²) in [6.45, 7) is 1.59. The van der Waals surface area contributed by atoms with E-state index in [0.29, 0.717) is 5.69 Å². The number of thiocarbonyl (C=S) groups is 1. The van der Waals surface area contributed by atoms with Gasteiger partial charge in [0.1, 0.15) is 0 Å². The molecule has 6 nitrogen and oxygen atoms in total. The standard InChI is InChI=1S/C14H13F3N4O2S/c1-8-9(7-20(2)19-8)12(22)21(13(18)24)10-5-3-4-6-11(10)23-14(15,16)17/h3-7H,1-2H3,(H2,18,24). The minimum Gasteiger partial charge on any atom is -0.404 e. The Morgan fingerprint density at radius 2 is 2.00 bits per heavy atom. The highest BCUT2D eigenvalue weighted by Crippen LogP contribution is 2.33. The summed E-state index contributed by atoms with van der Waals surface area (Å²) in [5.41, 5.74) is 5.90. The van der Waals surface area contributed by atoms with Crippen LogP contribution in [0.4, 0.5) is 18.9 Å². The number of aryl methyl sites for hydroxylation is 2. The van der Waals surface area contributed by atoms with Crippen molar-refractivity contribution in [3.05, 3.63) is 41.7 Å². The van der Waals surface area contributed by atoms with Gasteiger partial charge >= 0.3 is 6.36 Å². The van der Waals surface area contributed by atoms with Gasteiger partial charge in [0, 0.05) is 13.2 Å². The Balaban J connectivity index is 2.51. The first-order valence-corrected chi connectivity index (χ1v) is 7.00. The van der Waals surface area contributed by atoms with Gasteiger partial charge in [0.15, 0.2) is 10.9 Å². The van der Waals surface area contributed by atoms with E-state index in [1.54, 1.807) is 14.0 Å². The van der Waals surface area contributed by atoms with E-state index in [-0.39, 0.29) is 11.3 Å². The van der Waals surface area contributed by atoms with Crippen LogP contribution in [-0.2, 0) is 7.05 Å². The molecule has 24 heavy (non-hydrogen) atoms. The van der Waals surface area contributed by atoms with Crippen molar-refractivity contribution in [2.24, 2.45) is 12.8 Å². The molecule has 0 unspecified atom stereocenters. The number of halogens is 3. The Hall–Kier alpha value is -2.62. The molecule has 1 amide bonds. The highest BCUT2D eigenvalue weighted by Gasteiger charge is 2.34. The molecule has 0 aliphatic rings. The van der Waals surface area contributed by atoms with Crippen molar-refractivity contribution in [3.8, 4) is 5.75 Å². The molecule has 2 N–H and O–H groups in total. The lowest BCUT2D eigenvalue weighted by molar-refractivity contribution is -0.274. The molecule has 2 aromatic rings. The number of nitrogens with zero attached hydrogens (tertiary/aromatic N) is 3. The van der Waals surface area contributed by atoms with E-state index in [2.05, 4.69) is 9.84 Å². The highest BCUT2D eigenvalue weighted by atomic mass is 32.1. The first-order chi connectivity index (χ1) is 11.1. The van der Waals surface area contributed by atoms with Gasteiger partial charge < -0.3 is 10.5 Å². The Morgan fingerprint density at radius 3 is 2.50 bits per heavy atom. The molecule has 10 heteroatoms. The molecule has 0 aliphatic heterocycles. The van der Waals surface area contributed by atoms with Gasteiger partial charge in [-0.1, -0.05) is 12.1 Å². The largest absolute Gasteiger partial charge is 0.573 e. The lowest BCUT2D eigenvalue weighted by atomic mass is 10.2. The number of para-hydroxylation sites is 2. The van der Waals surface area contributed by atoms with E-state index < -0.39 is 23.1 Å². The zero-order chi connectivity index (χ0) is 18.1. The van der Waals surface area contributed by atoms with Crippen molar-refractivity contribution in [2.45, 2.75) is 13.3 Å². The van der Waals surface area contributed by atoms with Crippen molar-refractivity contribution in [2.75, 3.05) is 4.90 Å². The van der Waals surface area contributed by atoms with Crippen LogP contribution < -0.4 is 15.4 Å². The van der Waals surface area contributed by atoms with Crippen LogP contribution in [0, 0.1) is 6.92 Å². The summed E-state index contributed by atoms with van der Waals surface area (Å²) in [5, 5.41) is 3.61. The van der Waals surface area contributed by atoms with Crippen molar-refractivity contribution < 1.29 is 22.7 Å². The fourth-order valence-electron chi connectivity index (χ4n) is 2.11. The molecule has 0 saturated carbocycles. The monoisotopic (exact) mass is 358 g/mol. The zero-order valence-electron chi connectivity index (χ0n) is 12.7.